The predicted molar refractivity (Wildman–Crippen MR) is 73.4 cm³/mol. The zero-order valence-electron chi connectivity index (χ0n) is 10.7. The molecule has 0 aliphatic rings. The van der Waals surface area contributed by atoms with Crippen molar-refractivity contribution < 1.29 is 5.11 Å². The van der Waals surface area contributed by atoms with E-state index in [1.165, 1.54) is 5.56 Å². The van der Waals surface area contributed by atoms with Gasteiger partial charge in [0.15, 0.2) is 0 Å². The molecule has 2 atom stereocenters. The average Bonchev–Trinajstić information content (AvgIpc) is 2.40. The lowest BCUT2D eigenvalue weighted by molar-refractivity contribution is 0.157. The molecule has 1 aromatic heterocycles. The van der Waals surface area contributed by atoms with Crippen LogP contribution in [0.2, 0.25) is 0 Å². The van der Waals surface area contributed by atoms with Crippen molar-refractivity contribution in [3.8, 4) is 0 Å². The number of hydrogen-bond donors (Lipinski definition) is 1. The molecule has 1 N–H and O–H groups in total. The van der Waals surface area contributed by atoms with Crippen LogP contribution in [0.5, 0.6) is 0 Å². The second kappa shape index (κ2) is 6.31. The zero-order valence-corrected chi connectivity index (χ0v) is 10.7. The number of rotatable bonds is 5. The van der Waals surface area contributed by atoms with E-state index in [9.17, 15) is 5.11 Å². The fraction of sp³-hybridized carbons (Fsp3) is 0.312. The molecule has 2 rings (SSSR count). The molecule has 0 saturated heterocycles. The Morgan fingerprint density at radius 3 is 2.39 bits per heavy atom. The van der Waals surface area contributed by atoms with Gasteiger partial charge in [-0.1, -0.05) is 37.3 Å². The van der Waals surface area contributed by atoms with Crippen LogP contribution in [0.1, 0.15) is 30.4 Å². The molecule has 2 heteroatoms. The number of benzene rings is 1. The van der Waals surface area contributed by atoms with Crippen molar-refractivity contribution in [2.75, 3.05) is 0 Å². The smallest absolute Gasteiger partial charge is 0.0586 e. The molecule has 0 saturated carbocycles. The van der Waals surface area contributed by atoms with E-state index in [0.29, 0.717) is 12.3 Å². The SMILES string of the molecule is CC(CC(O)Cc1ccncc1)c1ccccc1. The Balaban J connectivity index is 1.90. The molecule has 1 aromatic carbocycles. The lowest BCUT2D eigenvalue weighted by Gasteiger charge is -2.16. The van der Waals surface area contributed by atoms with Gasteiger partial charge in [-0.2, -0.15) is 0 Å². The van der Waals surface area contributed by atoms with Crippen LogP contribution in [0.4, 0.5) is 0 Å². The van der Waals surface area contributed by atoms with E-state index >= 15 is 0 Å². The second-order valence-corrected chi connectivity index (χ2v) is 4.76. The Kier molecular flexibility index (Phi) is 4.48. The summed E-state index contributed by atoms with van der Waals surface area (Å²) in [4.78, 5) is 3.98. The van der Waals surface area contributed by atoms with Gasteiger partial charge < -0.3 is 5.11 Å². The zero-order chi connectivity index (χ0) is 12.8. The second-order valence-electron chi connectivity index (χ2n) is 4.76. The number of aliphatic hydroxyl groups is 1. The highest BCUT2D eigenvalue weighted by Crippen LogP contribution is 2.21. The highest BCUT2D eigenvalue weighted by atomic mass is 16.3. The van der Waals surface area contributed by atoms with Gasteiger partial charge in [-0.05, 0) is 42.0 Å². The van der Waals surface area contributed by atoms with Crippen LogP contribution >= 0.6 is 0 Å². The van der Waals surface area contributed by atoms with Gasteiger partial charge in [-0.25, -0.2) is 0 Å². The molecule has 0 aliphatic carbocycles. The lowest BCUT2D eigenvalue weighted by atomic mass is 9.93. The van der Waals surface area contributed by atoms with E-state index in [0.717, 1.165) is 12.0 Å². The van der Waals surface area contributed by atoms with E-state index in [-0.39, 0.29) is 6.10 Å². The summed E-state index contributed by atoms with van der Waals surface area (Å²) < 4.78 is 0. The number of aromatic nitrogens is 1. The van der Waals surface area contributed by atoms with Crippen molar-refractivity contribution in [3.63, 3.8) is 0 Å². The largest absolute Gasteiger partial charge is 0.393 e. The summed E-state index contributed by atoms with van der Waals surface area (Å²) in [7, 11) is 0. The summed E-state index contributed by atoms with van der Waals surface area (Å²) in [5, 5.41) is 10.1. The minimum Gasteiger partial charge on any atom is -0.393 e. The minimum absolute atomic E-state index is 0.303. The van der Waals surface area contributed by atoms with Crippen molar-refractivity contribution >= 4 is 0 Å². The third-order valence-electron chi connectivity index (χ3n) is 3.21. The Morgan fingerprint density at radius 2 is 1.72 bits per heavy atom. The summed E-state index contributed by atoms with van der Waals surface area (Å²) in [6, 6.07) is 14.2. The Bertz CT molecular complexity index is 455. The van der Waals surface area contributed by atoms with Crippen LogP contribution in [-0.2, 0) is 6.42 Å². The van der Waals surface area contributed by atoms with Crippen molar-refractivity contribution in [1.29, 1.82) is 0 Å². The highest BCUT2D eigenvalue weighted by Gasteiger charge is 2.12. The normalized spacial score (nSPS) is 14.1. The average molecular weight is 241 g/mol. The first-order chi connectivity index (χ1) is 8.75. The predicted octanol–water partition coefficient (Wildman–Crippen LogP) is 3.18. The number of nitrogens with zero attached hydrogens (tertiary/aromatic N) is 1. The van der Waals surface area contributed by atoms with Gasteiger partial charge in [0.2, 0.25) is 0 Å². The molecule has 1 heterocycles. The van der Waals surface area contributed by atoms with Gasteiger partial charge in [-0.3, -0.25) is 4.98 Å². The summed E-state index contributed by atoms with van der Waals surface area (Å²) in [5.74, 6) is 0.378. The van der Waals surface area contributed by atoms with Crippen molar-refractivity contribution in [2.24, 2.45) is 0 Å². The van der Waals surface area contributed by atoms with Gasteiger partial charge in [0, 0.05) is 12.4 Å². The molecule has 0 fully saturated rings. The molecule has 0 bridgehead atoms. The summed E-state index contributed by atoms with van der Waals surface area (Å²) in [5.41, 5.74) is 2.42. The molecule has 0 amide bonds. The fourth-order valence-electron chi connectivity index (χ4n) is 2.20. The van der Waals surface area contributed by atoms with Crippen molar-refractivity contribution in [1.82, 2.24) is 4.98 Å². The maximum absolute atomic E-state index is 10.1. The topological polar surface area (TPSA) is 33.1 Å². The number of aliphatic hydroxyl groups excluding tert-OH is 1. The van der Waals surface area contributed by atoms with Crippen LogP contribution in [-0.4, -0.2) is 16.2 Å². The highest BCUT2D eigenvalue weighted by molar-refractivity contribution is 5.19. The maximum atomic E-state index is 10.1. The summed E-state index contributed by atoms with van der Waals surface area (Å²) in [6.45, 7) is 2.16. The first-order valence-electron chi connectivity index (χ1n) is 6.37. The van der Waals surface area contributed by atoms with E-state index in [1.54, 1.807) is 12.4 Å². The lowest BCUT2D eigenvalue weighted by Crippen LogP contribution is -2.14. The standard InChI is InChI=1S/C16H19NO/c1-13(15-5-3-2-4-6-15)11-16(18)12-14-7-9-17-10-8-14/h2-10,13,16,18H,11-12H2,1H3. The Labute approximate surface area is 108 Å². The quantitative estimate of drug-likeness (QED) is 0.872. The Hall–Kier alpha value is -1.67. The molecule has 2 unspecified atom stereocenters. The Morgan fingerprint density at radius 1 is 1.06 bits per heavy atom. The van der Waals surface area contributed by atoms with Crippen LogP contribution in [0, 0.1) is 0 Å². The third-order valence-corrected chi connectivity index (χ3v) is 3.21. The monoisotopic (exact) mass is 241 g/mol. The molecule has 18 heavy (non-hydrogen) atoms. The van der Waals surface area contributed by atoms with E-state index in [1.807, 2.05) is 30.3 Å². The van der Waals surface area contributed by atoms with Crippen LogP contribution in [0.25, 0.3) is 0 Å². The molecule has 0 aliphatic heterocycles. The molecule has 2 aromatic rings. The van der Waals surface area contributed by atoms with E-state index in [2.05, 4.69) is 24.0 Å². The van der Waals surface area contributed by atoms with E-state index in [4.69, 9.17) is 0 Å². The van der Waals surface area contributed by atoms with Crippen LogP contribution in [0.3, 0.4) is 0 Å². The number of pyridine rings is 1. The van der Waals surface area contributed by atoms with Gasteiger partial charge in [-0.15, -0.1) is 0 Å². The molecule has 0 radical (unpaired) electrons. The van der Waals surface area contributed by atoms with Gasteiger partial charge in [0.1, 0.15) is 0 Å². The first kappa shape index (κ1) is 12.8. The van der Waals surface area contributed by atoms with Crippen molar-refractivity contribution in [3.05, 3.63) is 66.0 Å². The van der Waals surface area contributed by atoms with Gasteiger partial charge in [0.25, 0.3) is 0 Å². The number of hydrogen-bond acceptors (Lipinski definition) is 2. The third kappa shape index (κ3) is 3.67. The van der Waals surface area contributed by atoms with E-state index < -0.39 is 0 Å². The van der Waals surface area contributed by atoms with Crippen molar-refractivity contribution in [2.45, 2.75) is 31.8 Å². The molecule has 2 nitrogen and oxygen atoms in total. The molecule has 0 spiro atoms. The maximum Gasteiger partial charge on any atom is 0.0586 e. The van der Waals surface area contributed by atoms with Gasteiger partial charge >= 0.3 is 0 Å². The minimum atomic E-state index is -0.303. The van der Waals surface area contributed by atoms with Crippen LogP contribution < -0.4 is 0 Å². The summed E-state index contributed by atoms with van der Waals surface area (Å²) >= 11 is 0. The summed E-state index contributed by atoms with van der Waals surface area (Å²) in [6.07, 6.45) is 4.71. The first-order valence-corrected chi connectivity index (χ1v) is 6.37. The van der Waals surface area contributed by atoms with Gasteiger partial charge in [0.05, 0.1) is 6.10 Å². The van der Waals surface area contributed by atoms with Crippen LogP contribution in [0.15, 0.2) is 54.9 Å². The molecular weight excluding hydrogens is 222 g/mol. The fourth-order valence-corrected chi connectivity index (χ4v) is 2.20. The molecule has 94 valence electrons. The molecular formula is C16H19NO.